The van der Waals surface area contributed by atoms with Gasteiger partial charge in [-0.2, -0.15) is 0 Å². The van der Waals surface area contributed by atoms with Gasteiger partial charge in [0.1, 0.15) is 16.6 Å². The number of urea groups is 1. The predicted octanol–water partition coefficient (Wildman–Crippen LogP) is 4.76. The average molecular weight is 404 g/mol. The number of aromatic nitrogens is 2. The number of hydrogen-bond acceptors (Lipinski definition) is 6. The van der Waals surface area contributed by atoms with Crippen LogP contribution < -0.4 is 15.4 Å². The van der Waals surface area contributed by atoms with Crippen LogP contribution in [0.2, 0.25) is 0 Å². The SMILES string of the molecule is COc1ccc(NC(=O)Nc2nnc(CSCc3ccccc3F)s2)cc1. The van der Waals surface area contributed by atoms with Crippen molar-refractivity contribution in [3.8, 4) is 5.75 Å². The van der Waals surface area contributed by atoms with Gasteiger partial charge in [0.2, 0.25) is 5.13 Å². The number of carbonyl (C=O) groups excluding carboxylic acids is 1. The molecule has 3 rings (SSSR count). The van der Waals surface area contributed by atoms with Crippen LogP contribution in [0.1, 0.15) is 10.6 Å². The molecular formula is C18H17FN4O2S2. The summed E-state index contributed by atoms with van der Waals surface area (Å²) in [7, 11) is 1.58. The molecule has 1 aromatic heterocycles. The molecule has 0 radical (unpaired) electrons. The van der Waals surface area contributed by atoms with Gasteiger partial charge < -0.3 is 10.1 Å². The Bertz CT molecular complexity index is 902. The second-order valence-corrected chi connectivity index (χ2v) is 7.44. The molecule has 6 nitrogen and oxygen atoms in total. The van der Waals surface area contributed by atoms with E-state index in [1.807, 2.05) is 6.07 Å². The van der Waals surface area contributed by atoms with E-state index in [4.69, 9.17) is 4.74 Å². The summed E-state index contributed by atoms with van der Waals surface area (Å²) >= 11 is 2.83. The maximum Gasteiger partial charge on any atom is 0.325 e. The number of carbonyl (C=O) groups is 1. The first kappa shape index (κ1) is 19.1. The lowest BCUT2D eigenvalue weighted by molar-refractivity contribution is 0.262. The van der Waals surface area contributed by atoms with Gasteiger partial charge in [0.25, 0.3) is 0 Å². The van der Waals surface area contributed by atoms with Crippen LogP contribution in [0.15, 0.2) is 48.5 Å². The van der Waals surface area contributed by atoms with Crippen LogP contribution in [-0.4, -0.2) is 23.3 Å². The van der Waals surface area contributed by atoms with Crippen molar-refractivity contribution in [1.29, 1.82) is 0 Å². The molecule has 140 valence electrons. The first-order valence-corrected chi connectivity index (χ1v) is 9.97. The van der Waals surface area contributed by atoms with E-state index in [0.29, 0.717) is 33.6 Å². The number of thioether (sulfide) groups is 1. The van der Waals surface area contributed by atoms with Crippen LogP contribution in [0, 0.1) is 5.82 Å². The molecule has 0 aliphatic heterocycles. The highest BCUT2D eigenvalue weighted by Gasteiger charge is 2.09. The van der Waals surface area contributed by atoms with Crippen molar-refractivity contribution < 1.29 is 13.9 Å². The molecule has 0 saturated heterocycles. The van der Waals surface area contributed by atoms with E-state index in [1.165, 1.54) is 29.2 Å². The Morgan fingerprint density at radius 1 is 1.11 bits per heavy atom. The first-order valence-electron chi connectivity index (χ1n) is 7.99. The summed E-state index contributed by atoms with van der Waals surface area (Å²) < 4.78 is 18.7. The van der Waals surface area contributed by atoms with Crippen molar-refractivity contribution >= 4 is 39.9 Å². The lowest BCUT2D eigenvalue weighted by Gasteiger charge is -2.05. The molecule has 27 heavy (non-hydrogen) atoms. The van der Waals surface area contributed by atoms with Gasteiger partial charge in [-0.15, -0.1) is 22.0 Å². The molecule has 0 fully saturated rings. The number of benzene rings is 2. The fourth-order valence-corrected chi connectivity index (χ4v) is 3.96. The fraction of sp³-hybridized carbons (Fsp3) is 0.167. The molecular weight excluding hydrogens is 387 g/mol. The van der Waals surface area contributed by atoms with Crippen LogP contribution >= 0.6 is 23.1 Å². The van der Waals surface area contributed by atoms with Crippen molar-refractivity contribution in [1.82, 2.24) is 10.2 Å². The molecule has 0 saturated carbocycles. The second kappa shape index (κ2) is 9.33. The largest absolute Gasteiger partial charge is 0.497 e. The molecule has 2 aromatic carbocycles. The van der Waals surface area contributed by atoms with Crippen LogP contribution in [0.3, 0.4) is 0 Å². The van der Waals surface area contributed by atoms with Crippen LogP contribution in [0.25, 0.3) is 0 Å². The molecule has 0 unspecified atom stereocenters. The third kappa shape index (κ3) is 5.66. The summed E-state index contributed by atoms with van der Waals surface area (Å²) in [4.78, 5) is 12.0. The lowest BCUT2D eigenvalue weighted by Crippen LogP contribution is -2.19. The third-order valence-electron chi connectivity index (χ3n) is 3.48. The Hall–Kier alpha value is -2.65. The standard InChI is InChI=1S/C18H17FN4O2S2/c1-25-14-8-6-13(7-9-14)20-17(24)21-18-23-22-16(27-18)11-26-10-12-4-2-3-5-15(12)19/h2-9H,10-11H2,1H3,(H2,20,21,23,24). The molecule has 9 heteroatoms. The Labute approximate surface area is 164 Å². The van der Waals surface area contributed by atoms with E-state index in [9.17, 15) is 9.18 Å². The molecule has 0 atom stereocenters. The van der Waals surface area contributed by atoms with Gasteiger partial charge in [-0.25, -0.2) is 9.18 Å². The number of nitrogens with zero attached hydrogens (tertiary/aromatic N) is 2. The molecule has 2 amide bonds. The van der Waals surface area contributed by atoms with E-state index >= 15 is 0 Å². The highest BCUT2D eigenvalue weighted by Crippen LogP contribution is 2.24. The van der Waals surface area contributed by atoms with Gasteiger partial charge in [0, 0.05) is 17.2 Å². The normalized spacial score (nSPS) is 10.4. The van der Waals surface area contributed by atoms with Gasteiger partial charge in [0.05, 0.1) is 7.11 Å². The van der Waals surface area contributed by atoms with Crippen molar-refractivity contribution in [2.45, 2.75) is 11.5 Å². The van der Waals surface area contributed by atoms with Crippen molar-refractivity contribution in [2.24, 2.45) is 0 Å². The number of halogens is 1. The maximum absolute atomic E-state index is 13.6. The number of ether oxygens (including phenoxy) is 1. The molecule has 0 spiro atoms. The number of hydrogen-bond donors (Lipinski definition) is 2. The van der Waals surface area contributed by atoms with Gasteiger partial charge in [0.15, 0.2) is 0 Å². The second-order valence-electron chi connectivity index (χ2n) is 5.39. The zero-order valence-corrected chi connectivity index (χ0v) is 16.1. The number of anilines is 2. The summed E-state index contributed by atoms with van der Waals surface area (Å²) in [6.07, 6.45) is 0. The summed E-state index contributed by atoms with van der Waals surface area (Å²) in [5.41, 5.74) is 1.29. The summed E-state index contributed by atoms with van der Waals surface area (Å²) in [6, 6.07) is 13.3. The fourth-order valence-electron chi connectivity index (χ4n) is 2.16. The Morgan fingerprint density at radius 3 is 2.63 bits per heavy atom. The summed E-state index contributed by atoms with van der Waals surface area (Å²) in [5, 5.41) is 14.5. The quantitative estimate of drug-likeness (QED) is 0.594. The van der Waals surface area contributed by atoms with Gasteiger partial charge >= 0.3 is 6.03 Å². The van der Waals surface area contributed by atoms with Crippen LogP contribution in [0.4, 0.5) is 20.0 Å². The lowest BCUT2D eigenvalue weighted by atomic mass is 10.2. The zero-order valence-electron chi connectivity index (χ0n) is 14.4. The highest BCUT2D eigenvalue weighted by molar-refractivity contribution is 7.97. The predicted molar refractivity (Wildman–Crippen MR) is 107 cm³/mol. The summed E-state index contributed by atoms with van der Waals surface area (Å²) in [5.74, 6) is 1.64. The van der Waals surface area contributed by atoms with Gasteiger partial charge in [-0.1, -0.05) is 29.5 Å². The third-order valence-corrected chi connectivity index (χ3v) is 5.49. The first-order chi connectivity index (χ1) is 13.1. The zero-order chi connectivity index (χ0) is 19.1. The average Bonchev–Trinajstić information content (AvgIpc) is 3.11. The van der Waals surface area contributed by atoms with Crippen LogP contribution in [-0.2, 0) is 11.5 Å². The molecule has 1 heterocycles. The van der Waals surface area contributed by atoms with E-state index in [-0.39, 0.29) is 5.82 Å². The Morgan fingerprint density at radius 2 is 1.89 bits per heavy atom. The number of methoxy groups -OCH3 is 1. The minimum absolute atomic E-state index is 0.208. The number of nitrogens with one attached hydrogen (secondary N) is 2. The maximum atomic E-state index is 13.6. The van der Waals surface area contributed by atoms with Crippen LogP contribution in [0.5, 0.6) is 5.75 Å². The minimum atomic E-state index is -0.401. The Kier molecular flexibility index (Phi) is 6.61. The van der Waals surface area contributed by atoms with Crippen molar-refractivity contribution in [2.75, 3.05) is 17.7 Å². The van der Waals surface area contributed by atoms with E-state index in [0.717, 1.165) is 5.01 Å². The number of amides is 2. The Balaban J connectivity index is 1.47. The summed E-state index contributed by atoms with van der Waals surface area (Å²) in [6.45, 7) is 0. The highest BCUT2D eigenvalue weighted by atomic mass is 32.2. The molecule has 3 aromatic rings. The minimum Gasteiger partial charge on any atom is -0.497 e. The van der Waals surface area contributed by atoms with E-state index in [2.05, 4.69) is 20.8 Å². The van der Waals surface area contributed by atoms with Gasteiger partial charge in [-0.05, 0) is 35.9 Å². The number of rotatable bonds is 7. The van der Waals surface area contributed by atoms with E-state index < -0.39 is 6.03 Å². The van der Waals surface area contributed by atoms with Gasteiger partial charge in [-0.3, -0.25) is 5.32 Å². The molecule has 0 aliphatic carbocycles. The molecule has 0 bridgehead atoms. The smallest absolute Gasteiger partial charge is 0.325 e. The monoisotopic (exact) mass is 404 g/mol. The van der Waals surface area contributed by atoms with Crippen molar-refractivity contribution in [3.05, 3.63) is 64.9 Å². The molecule has 0 aliphatic rings. The van der Waals surface area contributed by atoms with Crippen molar-refractivity contribution in [3.63, 3.8) is 0 Å². The topological polar surface area (TPSA) is 76.1 Å². The molecule has 2 N–H and O–H groups in total. The van der Waals surface area contributed by atoms with E-state index in [1.54, 1.807) is 43.5 Å².